The summed E-state index contributed by atoms with van der Waals surface area (Å²) >= 11 is 0. The second kappa shape index (κ2) is 24.1. The quantitative estimate of drug-likeness (QED) is 0.0439. The van der Waals surface area contributed by atoms with Gasteiger partial charge in [-0.15, -0.1) is 0 Å². The molecule has 6 unspecified atom stereocenters. The summed E-state index contributed by atoms with van der Waals surface area (Å²) in [5, 5.41) is 35.8. The van der Waals surface area contributed by atoms with Gasteiger partial charge in [0.15, 0.2) is 0 Å². The molecule has 4 heterocycles. The number of nitrogens with zero attached hydrogens (tertiary/aromatic N) is 4. The molecule has 6 atom stereocenters. The first kappa shape index (κ1) is 60.6. The van der Waals surface area contributed by atoms with Crippen molar-refractivity contribution in [2.75, 3.05) is 26.9 Å². The van der Waals surface area contributed by atoms with Crippen LogP contribution >= 0.6 is 0 Å². The van der Waals surface area contributed by atoms with Crippen molar-refractivity contribution < 1.29 is 88.8 Å². The van der Waals surface area contributed by atoms with E-state index in [2.05, 4.69) is 19.9 Å². The molecule has 6 aromatic rings. The minimum Gasteiger partial charge on any atom is -0.481 e. The Kier molecular flexibility index (Phi) is 17.8. The number of ether oxygens (including phenoxy) is 5. The highest BCUT2D eigenvalue weighted by Crippen LogP contribution is 2.63. The van der Waals surface area contributed by atoms with Gasteiger partial charge in [0.25, 0.3) is 0 Å². The van der Waals surface area contributed by atoms with Crippen LogP contribution in [-0.4, -0.2) is 90.4 Å². The molecule has 0 bridgehead atoms. The molecule has 15 nitrogen and oxygen atoms in total. The number of carbonyl (C=O) groups is 2. The monoisotopic (exact) mass is 1150 g/mol. The van der Waals surface area contributed by atoms with Crippen molar-refractivity contribution in [1.82, 2.24) is 19.9 Å². The number of aromatic nitrogens is 4. The standard InChI is InChI=1S/C30H30F4N2O5.C28H26F4N2O5.CH4O/c1-4-39-28(37)27-19-10-17-11-24(36-14-21(17)26(19)27)41-15-18-9-16(5-6-23(18)31)20-13-35-25(12-22(20)30(32,33)34)40-8-7-29(2,3)38;1-27(2,37)5-6-38-23-10-20(28(30,31)32)18(11-33-23)14-3-4-21(29)16(7-14)13-39-22-9-15-8-17-24(19(15)12-34-22)25(17)26(35)36;1-2/h5-6,9,11-14,19,26-27,38H,4,7-8,10,15H2,1-3H3;3-4,7,9-12,17,24-25,37H,5-6,8,13H2,1-2H3,(H,35,36);2H,1H3. The van der Waals surface area contributed by atoms with Crippen molar-refractivity contribution in [3.8, 4) is 45.8 Å². The van der Waals surface area contributed by atoms with Gasteiger partial charge in [0.05, 0.1) is 54.0 Å². The number of aliphatic carboxylic acids is 1. The zero-order valence-electron chi connectivity index (χ0n) is 45.4. The largest absolute Gasteiger partial charge is 0.481 e. The smallest absolute Gasteiger partial charge is 0.417 e. The predicted molar refractivity (Wildman–Crippen MR) is 278 cm³/mol. The third kappa shape index (κ3) is 14.2. The molecule has 2 fully saturated rings. The first-order valence-corrected chi connectivity index (χ1v) is 26.2. The molecule has 0 amide bonds. The summed E-state index contributed by atoms with van der Waals surface area (Å²) < 4.78 is 140. The number of aliphatic hydroxyl groups is 3. The maximum Gasteiger partial charge on any atom is 0.417 e. The third-order valence-corrected chi connectivity index (χ3v) is 14.6. The molecule has 82 heavy (non-hydrogen) atoms. The summed E-state index contributed by atoms with van der Waals surface area (Å²) in [7, 11) is 1.00. The maximum atomic E-state index is 14.7. The van der Waals surface area contributed by atoms with Crippen LogP contribution in [0.5, 0.6) is 23.5 Å². The molecule has 4 aromatic heterocycles. The minimum atomic E-state index is -4.73. The Morgan fingerprint density at radius 3 is 1.35 bits per heavy atom. The molecule has 10 rings (SSSR count). The molecular weight excluding hydrogens is 1090 g/mol. The van der Waals surface area contributed by atoms with E-state index in [9.17, 15) is 60.0 Å². The number of rotatable bonds is 19. The summed E-state index contributed by atoms with van der Waals surface area (Å²) in [5.74, 6) is -2.53. The zero-order valence-corrected chi connectivity index (χ0v) is 45.4. The van der Waals surface area contributed by atoms with Crippen LogP contribution in [0, 0.1) is 35.3 Å². The first-order chi connectivity index (χ1) is 38.7. The van der Waals surface area contributed by atoms with Gasteiger partial charge in [0, 0.05) is 103 Å². The lowest BCUT2D eigenvalue weighted by atomic mass is 9.99. The molecule has 0 aliphatic heterocycles. The van der Waals surface area contributed by atoms with Crippen molar-refractivity contribution >= 4 is 11.9 Å². The average Bonchev–Trinajstić information content (AvgIpc) is 2.07. The highest BCUT2D eigenvalue weighted by molar-refractivity contribution is 5.80. The van der Waals surface area contributed by atoms with Crippen LogP contribution in [-0.2, 0) is 52.7 Å². The predicted octanol–water partition coefficient (Wildman–Crippen LogP) is 10.9. The van der Waals surface area contributed by atoms with Gasteiger partial charge in [-0.3, -0.25) is 9.59 Å². The summed E-state index contributed by atoms with van der Waals surface area (Å²) in [6, 6.07) is 12.2. The second-order valence-corrected chi connectivity index (χ2v) is 21.5. The molecule has 438 valence electrons. The SMILES string of the molecule is CC(C)(O)CCOc1cc(C(F)(F)F)c(-c2ccc(F)c(COc3cc4c(cn3)C3C(C4)C3C(=O)O)c2)cn1.CCOC(=O)C1C2Cc3cc(OCc4cc(-c5cnc(OCCC(C)(C)O)cc5C(F)(F)F)ccc4F)ncc3C21.CO. The number of pyridine rings is 4. The van der Waals surface area contributed by atoms with Crippen LogP contribution in [0.25, 0.3) is 22.3 Å². The number of aliphatic hydroxyl groups excluding tert-OH is 1. The Hall–Kier alpha value is -7.50. The summed E-state index contributed by atoms with van der Waals surface area (Å²) in [6.45, 7) is 7.78. The molecule has 4 aliphatic rings. The van der Waals surface area contributed by atoms with E-state index in [1.165, 1.54) is 24.3 Å². The number of halogens is 8. The lowest BCUT2D eigenvalue weighted by Gasteiger charge is -2.18. The molecule has 23 heteroatoms. The van der Waals surface area contributed by atoms with E-state index < -0.39 is 52.3 Å². The van der Waals surface area contributed by atoms with Crippen molar-refractivity contribution in [3.05, 3.63) is 142 Å². The lowest BCUT2D eigenvalue weighted by Crippen LogP contribution is -2.22. The maximum absolute atomic E-state index is 14.7. The molecule has 0 saturated heterocycles. The lowest BCUT2D eigenvalue weighted by molar-refractivity contribution is -0.145. The van der Waals surface area contributed by atoms with E-state index in [1.807, 2.05) is 0 Å². The molecule has 4 N–H and O–H groups in total. The van der Waals surface area contributed by atoms with E-state index in [4.69, 9.17) is 28.8 Å². The second-order valence-electron chi connectivity index (χ2n) is 21.5. The molecule has 2 aromatic carbocycles. The number of fused-ring (bicyclic) bond motifs is 6. The Balaban J connectivity index is 0.000000209. The van der Waals surface area contributed by atoms with Gasteiger partial charge in [-0.25, -0.2) is 28.7 Å². The van der Waals surface area contributed by atoms with E-state index in [1.54, 1.807) is 59.1 Å². The van der Waals surface area contributed by atoms with E-state index in [-0.39, 0.29) is 138 Å². The Bertz CT molecular complexity index is 3310. The van der Waals surface area contributed by atoms with Crippen LogP contribution in [0.4, 0.5) is 35.1 Å². The Morgan fingerprint density at radius 1 is 0.573 bits per heavy atom. The highest BCUT2D eigenvalue weighted by Gasteiger charge is 2.61. The van der Waals surface area contributed by atoms with E-state index in [0.717, 1.165) is 66.0 Å². The van der Waals surface area contributed by atoms with Crippen LogP contribution in [0.2, 0.25) is 0 Å². The summed E-state index contributed by atoms with van der Waals surface area (Å²) in [4.78, 5) is 39.9. The number of carbonyl (C=O) groups excluding carboxylic acids is 1. The number of carboxylic acids is 1. The van der Waals surface area contributed by atoms with Gasteiger partial charge < -0.3 is 44.1 Å². The number of alkyl halides is 6. The number of hydrogen-bond acceptors (Lipinski definition) is 14. The number of carboxylic acid groups (broad SMARTS) is 1. The first-order valence-electron chi connectivity index (χ1n) is 26.2. The number of benzene rings is 2. The molecular formula is C59H60F8N4O11. The third-order valence-electron chi connectivity index (χ3n) is 14.6. The van der Waals surface area contributed by atoms with Crippen molar-refractivity contribution in [2.24, 2.45) is 23.7 Å². The van der Waals surface area contributed by atoms with Crippen LogP contribution in [0.1, 0.15) is 104 Å². The fourth-order valence-electron chi connectivity index (χ4n) is 10.4. The Morgan fingerprint density at radius 2 is 0.963 bits per heavy atom. The van der Waals surface area contributed by atoms with Crippen LogP contribution < -0.4 is 18.9 Å². The average molecular weight is 1150 g/mol. The van der Waals surface area contributed by atoms with Gasteiger partial charge in [-0.05, 0) is 117 Å². The van der Waals surface area contributed by atoms with Crippen LogP contribution in [0.3, 0.4) is 0 Å². The van der Waals surface area contributed by atoms with E-state index in [0.29, 0.717) is 19.4 Å². The molecule has 0 radical (unpaired) electrons. The molecule has 2 saturated carbocycles. The fourth-order valence-corrected chi connectivity index (χ4v) is 10.4. The van der Waals surface area contributed by atoms with Gasteiger partial charge in [-0.2, -0.15) is 26.3 Å². The summed E-state index contributed by atoms with van der Waals surface area (Å²) in [5.41, 5.74) is -0.451. The highest BCUT2D eigenvalue weighted by atomic mass is 19.4. The van der Waals surface area contributed by atoms with E-state index >= 15 is 0 Å². The summed E-state index contributed by atoms with van der Waals surface area (Å²) in [6.07, 6.45) is -2.46. The normalized spacial score (nSPS) is 19.2. The van der Waals surface area contributed by atoms with Gasteiger partial charge in [0.1, 0.15) is 24.8 Å². The molecule has 0 spiro atoms. The van der Waals surface area contributed by atoms with Crippen LogP contribution in [0.15, 0.2) is 85.5 Å². The fraction of sp³-hybridized carbons (Fsp3) is 0.424. The van der Waals surface area contributed by atoms with Gasteiger partial charge in [0.2, 0.25) is 23.5 Å². The van der Waals surface area contributed by atoms with Crippen molar-refractivity contribution in [3.63, 3.8) is 0 Å². The van der Waals surface area contributed by atoms with Crippen molar-refractivity contribution in [2.45, 2.75) is 109 Å². The number of hydrogen-bond donors (Lipinski definition) is 4. The zero-order chi connectivity index (χ0) is 59.6. The topological polar surface area (TPSA) is 213 Å². The van der Waals surface area contributed by atoms with Gasteiger partial charge >= 0.3 is 24.3 Å². The van der Waals surface area contributed by atoms with Crippen molar-refractivity contribution in [1.29, 1.82) is 0 Å². The minimum absolute atomic E-state index is 0.0187. The Labute approximate surface area is 466 Å². The number of esters is 1. The molecule has 4 aliphatic carbocycles. The van der Waals surface area contributed by atoms with Gasteiger partial charge in [-0.1, -0.05) is 12.1 Å².